The fourth-order valence-corrected chi connectivity index (χ4v) is 3.64. The highest BCUT2D eigenvalue weighted by Gasteiger charge is 2.36. The highest BCUT2D eigenvalue weighted by Crippen LogP contribution is 2.28. The summed E-state index contributed by atoms with van der Waals surface area (Å²) in [4.78, 5) is 50.6. The van der Waals surface area contributed by atoms with Gasteiger partial charge in [-0.2, -0.15) is 0 Å². The molecule has 1 aliphatic rings. The van der Waals surface area contributed by atoms with Crippen molar-refractivity contribution in [3.8, 4) is 17.2 Å². The van der Waals surface area contributed by atoms with Gasteiger partial charge in [-0.25, -0.2) is 9.69 Å². The number of hydrogen-bond acceptors (Lipinski definition) is 7. The molecule has 37 heavy (non-hydrogen) atoms. The summed E-state index contributed by atoms with van der Waals surface area (Å²) in [6.07, 6.45) is 1.28. The van der Waals surface area contributed by atoms with Crippen LogP contribution in [0.3, 0.4) is 0 Å². The Balaban J connectivity index is 1.45. The Labute approximate surface area is 216 Å². The molecule has 1 aliphatic heterocycles. The molecule has 0 spiro atoms. The predicted octanol–water partition coefficient (Wildman–Crippen LogP) is 3.74. The Bertz CT molecular complexity index is 1400. The van der Waals surface area contributed by atoms with Gasteiger partial charge in [0.05, 0.1) is 17.8 Å². The number of urea groups is 1. The second-order valence-corrected chi connectivity index (χ2v) is 8.14. The quantitative estimate of drug-likeness (QED) is 0.318. The van der Waals surface area contributed by atoms with Crippen molar-refractivity contribution in [1.82, 2.24) is 5.32 Å². The van der Waals surface area contributed by atoms with Gasteiger partial charge in [-0.05, 0) is 72.3 Å². The molecule has 0 aliphatic carbocycles. The highest BCUT2D eigenvalue weighted by molar-refractivity contribution is 6.39. The maximum absolute atomic E-state index is 13.0. The number of phenols is 1. The number of imide groups is 2. The van der Waals surface area contributed by atoms with E-state index in [4.69, 9.17) is 21.1 Å². The number of phenolic OH excluding ortho intramolecular Hbond substituents is 1. The Morgan fingerprint density at radius 2 is 1.76 bits per heavy atom. The van der Waals surface area contributed by atoms with Crippen LogP contribution in [0.15, 0.2) is 72.3 Å². The number of barbiturate groups is 1. The first-order chi connectivity index (χ1) is 17.7. The van der Waals surface area contributed by atoms with E-state index in [2.05, 4.69) is 10.6 Å². The molecule has 1 fully saturated rings. The van der Waals surface area contributed by atoms with Crippen LogP contribution in [0, 0.1) is 0 Å². The van der Waals surface area contributed by atoms with Crippen molar-refractivity contribution in [2.75, 3.05) is 23.9 Å². The van der Waals surface area contributed by atoms with Crippen molar-refractivity contribution in [1.29, 1.82) is 0 Å². The first-order valence-electron chi connectivity index (χ1n) is 10.8. The Kier molecular flexibility index (Phi) is 7.40. The number of carbonyl (C=O) groups is 4. The fraction of sp³-hybridized carbons (Fsp3) is 0.0769. The van der Waals surface area contributed by atoms with Gasteiger partial charge < -0.3 is 19.9 Å². The lowest BCUT2D eigenvalue weighted by Gasteiger charge is -2.26. The molecule has 0 bridgehead atoms. The van der Waals surface area contributed by atoms with Crippen molar-refractivity contribution in [3.63, 3.8) is 0 Å². The Hall–Kier alpha value is -4.83. The molecule has 4 rings (SSSR count). The number of rotatable bonds is 7. The molecule has 1 heterocycles. The van der Waals surface area contributed by atoms with Gasteiger partial charge in [-0.15, -0.1) is 0 Å². The number of benzene rings is 3. The molecular formula is C26H20ClN3O7. The minimum absolute atomic E-state index is 0.0457. The zero-order valence-electron chi connectivity index (χ0n) is 19.4. The summed E-state index contributed by atoms with van der Waals surface area (Å²) in [6.45, 7) is -0.309. The molecule has 11 heteroatoms. The van der Waals surface area contributed by atoms with E-state index in [0.717, 1.165) is 4.90 Å². The highest BCUT2D eigenvalue weighted by atomic mass is 35.5. The maximum Gasteiger partial charge on any atom is 0.335 e. The van der Waals surface area contributed by atoms with Crippen LogP contribution < -0.4 is 25.0 Å². The van der Waals surface area contributed by atoms with Gasteiger partial charge >= 0.3 is 6.03 Å². The van der Waals surface area contributed by atoms with E-state index in [-0.39, 0.29) is 34.4 Å². The van der Waals surface area contributed by atoms with Crippen LogP contribution in [0.4, 0.5) is 16.2 Å². The number of nitrogens with one attached hydrogen (secondary N) is 2. The van der Waals surface area contributed by atoms with E-state index < -0.39 is 23.8 Å². The van der Waals surface area contributed by atoms with E-state index in [9.17, 15) is 24.3 Å². The molecule has 0 aromatic heterocycles. The van der Waals surface area contributed by atoms with Crippen molar-refractivity contribution in [2.45, 2.75) is 0 Å². The van der Waals surface area contributed by atoms with E-state index in [1.165, 1.54) is 48.5 Å². The fourth-order valence-electron chi connectivity index (χ4n) is 3.40. The molecule has 0 saturated carbocycles. The van der Waals surface area contributed by atoms with Crippen LogP contribution in [0.2, 0.25) is 5.02 Å². The number of ether oxygens (including phenoxy) is 2. The van der Waals surface area contributed by atoms with Crippen LogP contribution in [-0.2, 0) is 14.4 Å². The summed E-state index contributed by atoms with van der Waals surface area (Å²) in [7, 11) is 1.54. The maximum atomic E-state index is 13.0. The molecule has 0 radical (unpaired) electrons. The number of amides is 5. The third-order valence-electron chi connectivity index (χ3n) is 5.21. The van der Waals surface area contributed by atoms with Crippen LogP contribution in [0.5, 0.6) is 17.2 Å². The lowest BCUT2D eigenvalue weighted by Crippen LogP contribution is -2.54. The summed E-state index contributed by atoms with van der Waals surface area (Å²) < 4.78 is 10.6. The third kappa shape index (κ3) is 5.88. The van der Waals surface area contributed by atoms with E-state index >= 15 is 0 Å². The largest absolute Gasteiger partial charge is 0.508 e. The zero-order valence-corrected chi connectivity index (χ0v) is 20.1. The minimum Gasteiger partial charge on any atom is -0.508 e. The van der Waals surface area contributed by atoms with Crippen molar-refractivity contribution in [2.24, 2.45) is 0 Å². The van der Waals surface area contributed by atoms with Crippen molar-refractivity contribution < 1.29 is 33.8 Å². The van der Waals surface area contributed by atoms with Crippen LogP contribution in [0.1, 0.15) is 5.56 Å². The summed E-state index contributed by atoms with van der Waals surface area (Å²) in [5.74, 6) is -1.29. The second-order valence-electron chi connectivity index (χ2n) is 7.73. The normalized spacial score (nSPS) is 14.4. The van der Waals surface area contributed by atoms with Crippen LogP contribution in [0.25, 0.3) is 6.08 Å². The molecule has 10 nitrogen and oxygen atoms in total. The van der Waals surface area contributed by atoms with Gasteiger partial charge in [0, 0.05) is 5.69 Å². The molecule has 5 amide bonds. The monoisotopic (exact) mass is 521 g/mol. The first-order valence-corrected chi connectivity index (χ1v) is 11.2. The number of nitrogens with zero attached hydrogens (tertiary/aromatic N) is 1. The van der Waals surface area contributed by atoms with Crippen molar-refractivity contribution >= 4 is 52.8 Å². The lowest BCUT2D eigenvalue weighted by molar-refractivity contribution is -0.122. The molecule has 188 valence electrons. The molecule has 3 N–H and O–H groups in total. The van der Waals surface area contributed by atoms with Gasteiger partial charge in [-0.3, -0.25) is 19.7 Å². The number of anilines is 2. The predicted molar refractivity (Wildman–Crippen MR) is 136 cm³/mol. The summed E-state index contributed by atoms with van der Waals surface area (Å²) in [5.41, 5.74) is 0.834. The van der Waals surface area contributed by atoms with Crippen LogP contribution in [-0.4, -0.2) is 42.6 Å². The lowest BCUT2D eigenvalue weighted by atomic mass is 10.1. The topological polar surface area (TPSA) is 134 Å². The zero-order chi connectivity index (χ0) is 26.5. The standard InChI is InChI=1S/C26H20ClN3O7/c1-36-19-9-3-16(4-10-19)28-23(32)14-37-22-11-2-15(13-21(22)27)12-20-24(33)29-26(35)30(25(20)34)17-5-7-18(31)8-6-17/h2-13,31H,14H2,1H3,(H,28,32)(H,29,33,35)/b20-12-. The smallest absolute Gasteiger partial charge is 0.335 e. The SMILES string of the molecule is COc1ccc(NC(=O)COc2ccc(/C=C3/C(=O)NC(=O)N(c4ccc(O)cc4)C3=O)cc2Cl)cc1. The van der Waals surface area contributed by atoms with Gasteiger partial charge in [0.1, 0.15) is 22.8 Å². The van der Waals surface area contributed by atoms with Gasteiger partial charge in [0.2, 0.25) is 0 Å². The number of aromatic hydroxyl groups is 1. The average Bonchev–Trinajstić information content (AvgIpc) is 2.87. The Morgan fingerprint density at radius 3 is 2.41 bits per heavy atom. The van der Waals surface area contributed by atoms with E-state index in [0.29, 0.717) is 17.0 Å². The molecule has 3 aromatic rings. The number of carbonyl (C=O) groups excluding carboxylic acids is 4. The molecular weight excluding hydrogens is 502 g/mol. The summed E-state index contributed by atoms with van der Waals surface area (Å²) in [6, 6.07) is 15.7. The van der Waals surface area contributed by atoms with Crippen molar-refractivity contribution in [3.05, 3.63) is 82.9 Å². The summed E-state index contributed by atoms with van der Waals surface area (Å²) >= 11 is 6.29. The molecule has 0 unspecified atom stereocenters. The molecule has 1 saturated heterocycles. The number of methoxy groups -OCH3 is 1. The third-order valence-corrected chi connectivity index (χ3v) is 5.50. The van der Waals surface area contributed by atoms with Gasteiger partial charge in [-0.1, -0.05) is 17.7 Å². The Morgan fingerprint density at radius 1 is 1.05 bits per heavy atom. The summed E-state index contributed by atoms with van der Waals surface area (Å²) in [5, 5.41) is 14.4. The minimum atomic E-state index is -0.910. The van der Waals surface area contributed by atoms with E-state index in [1.54, 1.807) is 31.4 Å². The van der Waals surface area contributed by atoms with Gasteiger partial charge in [0.25, 0.3) is 17.7 Å². The number of hydrogen-bond donors (Lipinski definition) is 3. The molecule has 0 atom stereocenters. The van der Waals surface area contributed by atoms with Crippen LogP contribution >= 0.6 is 11.6 Å². The average molecular weight is 522 g/mol. The molecule has 3 aromatic carbocycles. The number of halogens is 1. The second kappa shape index (κ2) is 10.8. The first kappa shape index (κ1) is 25.3. The van der Waals surface area contributed by atoms with Gasteiger partial charge in [0.15, 0.2) is 6.61 Å². The van der Waals surface area contributed by atoms with E-state index in [1.807, 2.05) is 0 Å².